The van der Waals surface area contributed by atoms with Gasteiger partial charge in [0.05, 0.1) is 23.2 Å². The molecule has 5 saturated carbocycles. The second kappa shape index (κ2) is 10.2. The fourth-order valence-corrected chi connectivity index (χ4v) is 13.3. The van der Waals surface area contributed by atoms with Crippen LogP contribution in [0, 0.1) is 57.7 Å². The summed E-state index contributed by atoms with van der Waals surface area (Å²) in [6, 6.07) is 0. The van der Waals surface area contributed by atoms with Gasteiger partial charge >= 0.3 is 23.9 Å². The van der Waals surface area contributed by atoms with Gasteiger partial charge in [-0.1, -0.05) is 34.6 Å². The Hall–Kier alpha value is -2.32. The lowest BCUT2D eigenvalue weighted by atomic mass is 9.41. The number of esters is 4. The molecule has 0 radical (unpaired) electrons. The molecule has 0 bridgehead atoms. The highest BCUT2D eigenvalue weighted by molar-refractivity contribution is 5.84. The smallest absolute Gasteiger partial charge is 0.341 e. The van der Waals surface area contributed by atoms with E-state index in [-0.39, 0.29) is 43.6 Å². The van der Waals surface area contributed by atoms with E-state index in [1.807, 2.05) is 34.6 Å². The van der Waals surface area contributed by atoms with Crippen molar-refractivity contribution < 1.29 is 62.9 Å². The molecule has 3 aliphatic heterocycles. The molecule has 3 saturated heterocycles. The average Bonchev–Trinajstić information content (AvgIpc) is 3.88. The minimum absolute atomic E-state index is 0.0372. The van der Waals surface area contributed by atoms with Gasteiger partial charge in [0.2, 0.25) is 5.79 Å². The maximum Gasteiger partial charge on any atom is 0.341 e. The minimum Gasteiger partial charge on any atom is -0.462 e. The fraction of sp³-hybridized carbons (Fsp3) is 0.892. The zero-order chi connectivity index (χ0) is 36.5. The van der Waals surface area contributed by atoms with Crippen LogP contribution < -0.4 is 0 Å². The summed E-state index contributed by atoms with van der Waals surface area (Å²) in [5, 5.41) is 37.0. The summed E-state index contributed by atoms with van der Waals surface area (Å²) in [4.78, 5) is 52.9. The summed E-state index contributed by atoms with van der Waals surface area (Å²) in [5.41, 5.74) is -7.05. The van der Waals surface area contributed by atoms with Gasteiger partial charge in [-0.2, -0.15) is 0 Å². The molecule has 13 nitrogen and oxygen atoms in total. The van der Waals surface area contributed by atoms with Crippen LogP contribution in [0.3, 0.4) is 0 Å². The molecule has 8 fully saturated rings. The van der Waals surface area contributed by atoms with Crippen molar-refractivity contribution in [1.82, 2.24) is 0 Å². The van der Waals surface area contributed by atoms with Crippen LogP contribution >= 0.6 is 0 Å². The van der Waals surface area contributed by atoms with Crippen molar-refractivity contribution in [1.29, 1.82) is 0 Å². The minimum atomic E-state index is -2.03. The fourth-order valence-electron chi connectivity index (χ4n) is 13.3. The van der Waals surface area contributed by atoms with E-state index in [0.717, 1.165) is 0 Å². The van der Waals surface area contributed by atoms with Gasteiger partial charge in [0.25, 0.3) is 0 Å². The zero-order valence-electron chi connectivity index (χ0n) is 30.3. The van der Waals surface area contributed by atoms with Crippen LogP contribution in [0.2, 0.25) is 0 Å². The van der Waals surface area contributed by atoms with Gasteiger partial charge in [-0.25, -0.2) is 4.79 Å². The van der Waals surface area contributed by atoms with E-state index in [1.54, 1.807) is 6.92 Å². The first-order valence-corrected chi connectivity index (χ1v) is 18.3. The van der Waals surface area contributed by atoms with Crippen molar-refractivity contribution in [3.05, 3.63) is 0 Å². The second-order valence-corrected chi connectivity index (χ2v) is 18.2. The molecule has 5 aliphatic carbocycles. The van der Waals surface area contributed by atoms with Gasteiger partial charge < -0.3 is 43.7 Å². The van der Waals surface area contributed by atoms with Crippen LogP contribution in [-0.2, 0) is 47.6 Å². The largest absolute Gasteiger partial charge is 0.462 e. The summed E-state index contributed by atoms with van der Waals surface area (Å²) in [6.45, 7) is 15.5. The molecule has 8 aliphatic rings. The number of carbonyl (C=O) groups is 4. The number of fused-ring (bicyclic) bond motifs is 9. The lowest BCUT2D eigenvalue weighted by molar-refractivity contribution is -0.285. The van der Waals surface area contributed by atoms with Crippen molar-refractivity contribution in [2.45, 2.75) is 148 Å². The van der Waals surface area contributed by atoms with Crippen molar-refractivity contribution >= 4 is 23.9 Å². The van der Waals surface area contributed by atoms with E-state index in [2.05, 4.69) is 0 Å². The Morgan fingerprint density at radius 2 is 1.62 bits per heavy atom. The molecule has 19 atom stereocenters. The van der Waals surface area contributed by atoms with Gasteiger partial charge in [0.15, 0.2) is 5.60 Å². The molecule has 1 spiro atoms. The van der Waals surface area contributed by atoms with Gasteiger partial charge in [0, 0.05) is 55.8 Å². The van der Waals surface area contributed by atoms with E-state index in [9.17, 15) is 34.5 Å². The van der Waals surface area contributed by atoms with Crippen LogP contribution in [0.15, 0.2) is 0 Å². The predicted molar refractivity (Wildman–Crippen MR) is 169 cm³/mol. The molecule has 50 heavy (non-hydrogen) atoms. The van der Waals surface area contributed by atoms with Crippen LogP contribution in [0.1, 0.15) is 88.0 Å². The number of rotatable bonds is 5. The average molecular weight is 705 g/mol. The highest BCUT2D eigenvalue weighted by Crippen LogP contribution is 2.81. The summed E-state index contributed by atoms with van der Waals surface area (Å²) in [7, 11) is 0. The molecule has 3 heterocycles. The van der Waals surface area contributed by atoms with Crippen molar-refractivity contribution in [3.63, 3.8) is 0 Å². The van der Waals surface area contributed by atoms with Gasteiger partial charge in [-0.05, 0) is 49.9 Å². The zero-order valence-corrected chi connectivity index (χ0v) is 30.3. The van der Waals surface area contributed by atoms with E-state index < -0.39 is 123 Å². The Kier molecular flexibility index (Phi) is 7.09. The molecule has 0 aromatic carbocycles. The predicted octanol–water partition coefficient (Wildman–Crippen LogP) is 2.04. The van der Waals surface area contributed by atoms with Gasteiger partial charge in [0.1, 0.15) is 30.5 Å². The molecular weight excluding hydrogens is 652 g/mol. The number of carbonyl (C=O) groups excluding carboxylic acids is 4. The number of aliphatic hydroxyl groups excluding tert-OH is 1. The van der Waals surface area contributed by atoms with Crippen LogP contribution in [0.5, 0.6) is 0 Å². The van der Waals surface area contributed by atoms with Crippen LogP contribution in [0.25, 0.3) is 0 Å². The monoisotopic (exact) mass is 704 g/mol. The molecule has 0 aromatic heterocycles. The first-order valence-electron chi connectivity index (χ1n) is 18.3. The SMILES string of the molecule is CC(=O)O[C@H]1[C@@H]2[C@H]([C@H](C)[C@H]3O[C@]34OC(=O)[C@@](C)(O)[C@]24C)[C@@]2(C)[C@@H](OC(C)=O)CC3C([C@H]12)[C@@H](O)C[C@@]1(O)C[C@@H]2O[C@@H]2[C@H](OC(=O)CC(C)C)[C@]31C. The lowest BCUT2D eigenvalue weighted by Crippen LogP contribution is -2.73. The highest BCUT2D eigenvalue weighted by Gasteiger charge is 2.93. The number of ether oxygens (including phenoxy) is 6. The van der Waals surface area contributed by atoms with E-state index >= 15 is 0 Å². The van der Waals surface area contributed by atoms with E-state index in [0.29, 0.717) is 0 Å². The second-order valence-electron chi connectivity index (χ2n) is 18.2. The lowest BCUT2D eigenvalue weighted by Gasteiger charge is -2.66. The summed E-state index contributed by atoms with van der Waals surface area (Å²) in [5.74, 6) is -7.11. The highest BCUT2D eigenvalue weighted by atomic mass is 16.8. The Bertz CT molecular complexity index is 1540. The normalized spacial score (nSPS) is 57.8. The topological polar surface area (TPSA) is 191 Å². The van der Waals surface area contributed by atoms with Crippen LogP contribution in [-0.4, -0.2) is 98.9 Å². The third kappa shape index (κ3) is 3.91. The van der Waals surface area contributed by atoms with Crippen molar-refractivity contribution in [2.75, 3.05) is 0 Å². The molecular formula is C37H52O13. The summed E-state index contributed by atoms with van der Waals surface area (Å²) < 4.78 is 37.1. The van der Waals surface area contributed by atoms with Gasteiger partial charge in [-0.15, -0.1) is 0 Å². The number of aliphatic hydroxyl groups is 3. The van der Waals surface area contributed by atoms with Gasteiger partial charge in [-0.3, -0.25) is 14.4 Å². The maximum absolute atomic E-state index is 13.4. The molecule has 8 rings (SSSR count). The van der Waals surface area contributed by atoms with E-state index in [4.69, 9.17) is 28.4 Å². The first kappa shape index (κ1) is 34.7. The maximum atomic E-state index is 13.4. The molecule has 3 N–H and O–H groups in total. The van der Waals surface area contributed by atoms with Crippen molar-refractivity contribution in [3.8, 4) is 0 Å². The standard InChI is InChI=1S/C37H52O13/c1-14(2)10-22(41)48-30-27-20(47-27)13-36(44)12-19(40)23-18(33(30,36)7)11-21(45-16(4)38)32(6)24-15(3)29-37(49-29)34(8,35(9,43)31(42)50-37)26(24)28(25(23)32)46-17(5)39/h14-15,18-21,23-30,40,43-44H,10-13H2,1-9H3/t15-,18?,19-,20-,21-,23?,24-,25+,26-,27-,28+,29+,30-,32+,33-,34-,35+,36+,37-/m0/s1. The van der Waals surface area contributed by atoms with Crippen LogP contribution in [0.4, 0.5) is 0 Å². The quantitative estimate of drug-likeness (QED) is 0.214. The molecule has 0 amide bonds. The molecule has 278 valence electrons. The number of hydrogen-bond donors (Lipinski definition) is 3. The summed E-state index contributed by atoms with van der Waals surface area (Å²) in [6.07, 6.45) is -4.48. The summed E-state index contributed by atoms with van der Waals surface area (Å²) >= 11 is 0. The first-order chi connectivity index (χ1) is 23.1. The van der Waals surface area contributed by atoms with Crippen molar-refractivity contribution in [2.24, 2.45) is 57.7 Å². The molecule has 0 aromatic rings. The number of epoxide rings is 2. The third-order valence-electron chi connectivity index (χ3n) is 15.5. The third-order valence-corrected chi connectivity index (χ3v) is 15.5. The molecule has 13 heteroatoms. The Morgan fingerprint density at radius 3 is 2.24 bits per heavy atom. The Morgan fingerprint density at radius 1 is 0.960 bits per heavy atom. The van der Waals surface area contributed by atoms with E-state index in [1.165, 1.54) is 20.8 Å². The molecule has 2 unspecified atom stereocenters. The Balaban J connectivity index is 1.32. The Labute approximate surface area is 292 Å². The number of hydrogen-bond acceptors (Lipinski definition) is 13.